The Labute approximate surface area is 80.7 Å². The zero-order chi connectivity index (χ0) is 9.42. The van der Waals surface area contributed by atoms with Gasteiger partial charge in [0.05, 0.1) is 5.37 Å². The minimum atomic E-state index is -0.0765. The molecule has 0 amide bonds. The van der Waals surface area contributed by atoms with Gasteiger partial charge in [-0.3, -0.25) is 9.81 Å². The molecule has 0 saturated carbocycles. The molecule has 0 aromatic carbocycles. The Balaban J connectivity index is 2.82. The second-order valence-corrected chi connectivity index (χ2v) is 3.58. The van der Waals surface area contributed by atoms with Crippen LogP contribution < -0.4 is 5.62 Å². The van der Waals surface area contributed by atoms with Gasteiger partial charge >= 0.3 is 0 Å². The van der Waals surface area contributed by atoms with Gasteiger partial charge in [-0.05, 0) is 19.1 Å². The fraction of sp³-hybridized carbons (Fsp3) is 0.250. The predicted octanol–water partition coefficient (Wildman–Crippen LogP) is 1.06. The van der Waals surface area contributed by atoms with Crippen molar-refractivity contribution in [2.24, 2.45) is 0 Å². The van der Waals surface area contributed by atoms with Crippen molar-refractivity contribution in [3.8, 4) is 0 Å². The standard InChI is InChI=1S/C8H10N4S/c1-6(13)12-8(9)11-5-3-2-4-7(11)10-12/h2-6,9,13H,1H3. The summed E-state index contributed by atoms with van der Waals surface area (Å²) in [5, 5.41) is 11.9. The average Bonchev–Trinajstić information content (AvgIpc) is 2.45. The number of fused-ring (bicyclic) bond motifs is 1. The molecular weight excluding hydrogens is 184 g/mol. The molecule has 0 saturated heterocycles. The maximum atomic E-state index is 7.76. The van der Waals surface area contributed by atoms with Crippen LogP contribution in [0.3, 0.4) is 0 Å². The lowest BCUT2D eigenvalue weighted by atomic mass is 10.5. The summed E-state index contributed by atoms with van der Waals surface area (Å²) >= 11 is 4.23. The molecule has 2 aromatic heterocycles. The van der Waals surface area contributed by atoms with Crippen molar-refractivity contribution in [3.63, 3.8) is 0 Å². The summed E-state index contributed by atoms with van der Waals surface area (Å²) in [5.41, 5.74) is 1.12. The van der Waals surface area contributed by atoms with Gasteiger partial charge in [0.1, 0.15) is 0 Å². The van der Waals surface area contributed by atoms with Crippen molar-refractivity contribution in [3.05, 3.63) is 30.0 Å². The third-order valence-electron chi connectivity index (χ3n) is 1.85. The van der Waals surface area contributed by atoms with Crippen LogP contribution in [0.1, 0.15) is 12.3 Å². The van der Waals surface area contributed by atoms with E-state index in [1.165, 1.54) is 0 Å². The van der Waals surface area contributed by atoms with Gasteiger partial charge in [-0.15, -0.1) is 0 Å². The molecule has 2 heterocycles. The first-order chi connectivity index (χ1) is 6.20. The Morgan fingerprint density at radius 3 is 2.92 bits per heavy atom. The van der Waals surface area contributed by atoms with Crippen LogP contribution in [0.2, 0.25) is 0 Å². The number of pyridine rings is 1. The number of rotatable bonds is 1. The normalized spacial score (nSPS) is 13.4. The lowest BCUT2D eigenvalue weighted by Crippen LogP contribution is -2.21. The number of hydrogen-bond donors (Lipinski definition) is 2. The van der Waals surface area contributed by atoms with Gasteiger partial charge in [0, 0.05) is 6.20 Å². The Hall–Kier alpha value is -1.23. The Kier molecular flexibility index (Phi) is 1.88. The number of aromatic nitrogens is 3. The molecule has 0 aliphatic carbocycles. The van der Waals surface area contributed by atoms with E-state index >= 15 is 0 Å². The molecule has 0 bridgehead atoms. The molecule has 0 radical (unpaired) electrons. The molecule has 5 heteroatoms. The SMILES string of the molecule is CC(S)n1nc2ccccn2c1=N. The summed E-state index contributed by atoms with van der Waals surface area (Å²) in [4.78, 5) is 0. The van der Waals surface area contributed by atoms with Gasteiger partial charge < -0.3 is 0 Å². The summed E-state index contributed by atoms with van der Waals surface area (Å²) in [5.74, 6) is 0. The first-order valence-corrected chi connectivity index (χ1v) is 4.50. The Morgan fingerprint density at radius 2 is 2.31 bits per heavy atom. The summed E-state index contributed by atoms with van der Waals surface area (Å²) < 4.78 is 3.28. The van der Waals surface area contributed by atoms with E-state index in [0.29, 0.717) is 5.62 Å². The fourth-order valence-electron chi connectivity index (χ4n) is 1.22. The Bertz CT molecular complexity index is 482. The van der Waals surface area contributed by atoms with Gasteiger partial charge in [0.2, 0.25) is 5.62 Å². The second kappa shape index (κ2) is 2.92. The third kappa shape index (κ3) is 1.25. The van der Waals surface area contributed by atoms with Gasteiger partial charge in [-0.25, -0.2) is 4.68 Å². The number of hydrogen-bond acceptors (Lipinski definition) is 3. The van der Waals surface area contributed by atoms with Gasteiger partial charge in [0.25, 0.3) is 0 Å². The Morgan fingerprint density at radius 1 is 1.54 bits per heavy atom. The molecule has 68 valence electrons. The highest BCUT2D eigenvalue weighted by molar-refractivity contribution is 7.80. The lowest BCUT2D eigenvalue weighted by molar-refractivity contribution is 0.600. The van der Waals surface area contributed by atoms with Crippen molar-refractivity contribution >= 4 is 18.3 Å². The van der Waals surface area contributed by atoms with Crippen LogP contribution in [0.5, 0.6) is 0 Å². The molecule has 0 fully saturated rings. The van der Waals surface area contributed by atoms with E-state index in [-0.39, 0.29) is 5.37 Å². The van der Waals surface area contributed by atoms with E-state index in [9.17, 15) is 0 Å². The summed E-state index contributed by atoms with van der Waals surface area (Å²) in [7, 11) is 0. The molecule has 1 N–H and O–H groups in total. The highest BCUT2D eigenvalue weighted by Crippen LogP contribution is 2.05. The van der Waals surface area contributed by atoms with E-state index in [4.69, 9.17) is 5.41 Å². The van der Waals surface area contributed by atoms with Crippen LogP contribution in [-0.2, 0) is 0 Å². The molecule has 0 aliphatic heterocycles. The van der Waals surface area contributed by atoms with Crippen molar-refractivity contribution in [1.29, 1.82) is 5.41 Å². The van der Waals surface area contributed by atoms with E-state index < -0.39 is 0 Å². The smallest absolute Gasteiger partial charge is 0.225 e. The molecule has 1 unspecified atom stereocenters. The van der Waals surface area contributed by atoms with E-state index in [1.807, 2.05) is 31.3 Å². The summed E-state index contributed by atoms with van der Waals surface area (Å²) in [6, 6.07) is 5.64. The van der Waals surface area contributed by atoms with Crippen LogP contribution >= 0.6 is 12.6 Å². The van der Waals surface area contributed by atoms with E-state index in [2.05, 4.69) is 17.7 Å². The zero-order valence-electron chi connectivity index (χ0n) is 7.18. The molecule has 2 rings (SSSR count). The first-order valence-electron chi connectivity index (χ1n) is 3.99. The van der Waals surface area contributed by atoms with Crippen LogP contribution in [-0.4, -0.2) is 14.2 Å². The van der Waals surface area contributed by atoms with E-state index in [0.717, 1.165) is 5.65 Å². The largest absolute Gasteiger partial charge is 0.269 e. The predicted molar refractivity (Wildman–Crippen MR) is 52.7 cm³/mol. The van der Waals surface area contributed by atoms with Crippen LogP contribution in [0, 0.1) is 5.41 Å². The highest BCUT2D eigenvalue weighted by atomic mass is 32.1. The molecule has 1 atom stereocenters. The maximum absolute atomic E-state index is 7.76. The number of nitrogens with zero attached hydrogens (tertiary/aromatic N) is 3. The second-order valence-electron chi connectivity index (χ2n) is 2.83. The van der Waals surface area contributed by atoms with Crippen molar-refractivity contribution < 1.29 is 0 Å². The number of nitrogens with one attached hydrogen (secondary N) is 1. The molecule has 13 heavy (non-hydrogen) atoms. The average molecular weight is 194 g/mol. The monoisotopic (exact) mass is 194 g/mol. The first kappa shape index (κ1) is 8.37. The van der Waals surface area contributed by atoms with Crippen LogP contribution in [0.15, 0.2) is 24.4 Å². The fourth-order valence-corrected chi connectivity index (χ4v) is 1.38. The minimum absolute atomic E-state index is 0.0765. The summed E-state index contributed by atoms with van der Waals surface area (Å²) in [6.07, 6.45) is 1.82. The third-order valence-corrected chi connectivity index (χ3v) is 2.07. The van der Waals surface area contributed by atoms with Gasteiger partial charge in [-0.1, -0.05) is 6.07 Å². The quantitative estimate of drug-likeness (QED) is 0.655. The molecule has 4 nitrogen and oxygen atoms in total. The van der Waals surface area contributed by atoms with E-state index in [1.54, 1.807) is 9.08 Å². The molecule has 0 aliphatic rings. The van der Waals surface area contributed by atoms with Crippen LogP contribution in [0.4, 0.5) is 0 Å². The lowest BCUT2D eigenvalue weighted by Gasteiger charge is -2.00. The van der Waals surface area contributed by atoms with Gasteiger partial charge in [-0.2, -0.15) is 17.7 Å². The summed E-state index contributed by atoms with van der Waals surface area (Å²) in [6.45, 7) is 1.88. The zero-order valence-corrected chi connectivity index (χ0v) is 8.07. The molecule has 0 spiro atoms. The highest BCUT2D eigenvalue weighted by Gasteiger charge is 2.05. The molecular formula is C8H10N4S. The topological polar surface area (TPSA) is 46.1 Å². The van der Waals surface area contributed by atoms with Crippen molar-refractivity contribution in [2.45, 2.75) is 12.3 Å². The van der Waals surface area contributed by atoms with Gasteiger partial charge in [0.15, 0.2) is 5.65 Å². The van der Waals surface area contributed by atoms with Crippen molar-refractivity contribution in [2.75, 3.05) is 0 Å². The molecule has 2 aromatic rings. The maximum Gasteiger partial charge on any atom is 0.225 e. The van der Waals surface area contributed by atoms with Crippen LogP contribution in [0.25, 0.3) is 5.65 Å². The minimum Gasteiger partial charge on any atom is -0.269 e. The van der Waals surface area contributed by atoms with Crippen molar-refractivity contribution in [1.82, 2.24) is 14.2 Å². The number of thiol groups is 1.